The molecule has 2 aromatic carbocycles. The van der Waals surface area contributed by atoms with E-state index in [1.807, 2.05) is 51.2 Å². The summed E-state index contributed by atoms with van der Waals surface area (Å²) in [6, 6.07) is 16.8. The van der Waals surface area contributed by atoms with E-state index >= 15 is 0 Å². The number of hydrogen-bond donors (Lipinski definition) is 1. The number of aryl methyl sites for hydroxylation is 1. The maximum absolute atomic E-state index is 12.8. The first kappa shape index (κ1) is 22.1. The molecule has 0 saturated carbocycles. The lowest BCUT2D eigenvalue weighted by atomic mass is 10.0. The highest BCUT2D eigenvalue weighted by Gasteiger charge is 2.23. The number of fused-ring (bicyclic) bond motifs is 1. The highest BCUT2D eigenvalue weighted by Crippen LogP contribution is 2.25. The van der Waals surface area contributed by atoms with Gasteiger partial charge in [-0.15, -0.1) is 0 Å². The number of benzene rings is 2. The number of aromatic nitrogens is 1. The van der Waals surface area contributed by atoms with Gasteiger partial charge in [-0.25, -0.2) is 8.42 Å². The third-order valence-corrected chi connectivity index (χ3v) is 7.57. The fraction of sp³-hybridized carbons (Fsp3) is 0.348. The monoisotopic (exact) mass is 427 g/mol. The molecule has 0 saturated heterocycles. The van der Waals surface area contributed by atoms with Gasteiger partial charge in [-0.2, -0.15) is 4.31 Å². The van der Waals surface area contributed by atoms with Crippen molar-refractivity contribution in [1.82, 2.24) is 14.2 Å². The molecule has 7 heteroatoms. The number of carbonyl (C=O) groups excluding carboxylic acids is 1. The molecular formula is C23H29N3O3S. The second-order valence-electron chi connectivity index (χ2n) is 7.42. The molecule has 6 nitrogen and oxygen atoms in total. The molecule has 3 rings (SSSR count). The van der Waals surface area contributed by atoms with Gasteiger partial charge in [-0.05, 0) is 35.7 Å². The first-order valence-corrected chi connectivity index (χ1v) is 11.7. The molecule has 30 heavy (non-hydrogen) atoms. The lowest BCUT2D eigenvalue weighted by Gasteiger charge is -2.18. The molecular weight excluding hydrogens is 398 g/mol. The van der Waals surface area contributed by atoms with Crippen LogP contribution in [-0.2, 0) is 17.1 Å². The van der Waals surface area contributed by atoms with Crippen molar-refractivity contribution in [2.24, 2.45) is 7.05 Å². The Balaban J connectivity index is 1.83. The molecule has 0 fully saturated rings. The van der Waals surface area contributed by atoms with Crippen molar-refractivity contribution in [3.8, 4) is 0 Å². The first-order valence-electron chi connectivity index (χ1n) is 10.2. The Morgan fingerprint density at radius 3 is 2.37 bits per heavy atom. The Bertz CT molecular complexity index is 1130. The van der Waals surface area contributed by atoms with E-state index in [0.29, 0.717) is 25.3 Å². The predicted molar refractivity (Wildman–Crippen MR) is 120 cm³/mol. The Morgan fingerprint density at radius 2 is 1.73 bits per heavy atom. The summed E-state index contributed by atoms with van der Waals surface area (Å²) >= 11 is 0. The fourth-order valence-corrected chi connectivity index (χ4v) is 5.15. The number of nitrogens with one attached hydrogen (secondary N) is 1. The minimum absolute atomic E-state index is 0.176. The summed E-state index contributed by atoms with van der Waals surface area (Å²) in [7, 11) is -1.73. The Morgan fingerprint density at radius 1 is 1.07 bits per heavy atom. The van der Waals surface area contributed by atoms with E-state index in [4.69, 9.17) is 0 Å². The number of sulfonamides is 1. The van der Waals surface area contributed by atoms with E-state index < -0.39 is 10.0 Å². The van der Waals surface area contributed by atoms with Crippen LogP contribution in [-0.4, -0.2) is 42.8 Å². The van der Waals surface area contributed by atoms with Gasteiger partial charge in [0, 0.05) is 37.6 Å². The summed E-state index contributed by atoms with van der Waals surface area (Å²) in [5, 5.41) is 3.72. The van der Waals surface area contributed by atoms with E-state index in [1.165, 1.54) is 9.87 Å². The van der Waals surface area contributed by atoms with Crippen molar-refractivity contribution in [3.05, 3.63) is 65.9 Å². The van der Waals surface area contributed by atoms with Crippen LogP contribution in [0.2, 0.25) is 0 Å². The van der Waals surface area contributed by atoms with Gasteiger partial charge >= 0.3 is 0 Å². The van der Waals surface area contributed by atoms with Gasteiger partial charge in [-0.3, -0.25) is 4.79 Å². The van der Waals surface area contributed by atoms with Crippen LogP contribution < -0.4 is 5.32 Å². The maximum Gasteiger partial charge on any atom is 0.267 e. The fourth-order valence-electron chi connectivity index (χ4n) is 3.65. The topological polar surface area (TPSA) is 71.4 Å². The SMILES string of the molecule is CCN(CC)S(=O)(=O)c1ccc2c(c1)cc(C(=O)NC[C@H](C)c1ccccc1)n2C. The van der Waals surface area contributed by atoms with Crippen LogP contribution >= 0.6 is 0 Å². The van der Waals surface area contributed by atoms with Crippen LogP contribution in [0.5, 0.6) is 0 Å². The van der Waals surface area contributed by atoms with Crippen molar-refractivity contribution < 1.29 is 13.2 Å². The van der Waals surface area contributed by atoms with Gasteiger partial charge in [-0.1, -0.05) is 51.1 Å². The van der Waals surface area contributed by atoms with Crippen LogP contribution in [0.25, 0.3) is 10.9 Å². The van der Waals surface area contributed by atoms with Crippen molar-refractivity contribution in [1.29, 1.82) is 0 Å². The normalized spacial score (nSPS) is 13.0. The van der Waals surface area contributed by atoms with E-state index in [2.05, 4.69) is 12.2 Å². The van der Waals surface area contributed by atoms with Gasteiger partial charge in [0.05, 0.1) is 4.90 Å². The molecule has 0 bridgehead atoms. The molecule has 0 radical (unpaired) electrons. The molecule has 0 unspecified atom stereocenters. The highest BCUT2D eigenvalue weighted by atomic mass is 32.2. The zero-order valence-electron chi connectivity index (χ0n) is 17.9. The van der Waals surface area contributed by atoms with Crippen LogP contribution in [0, 0.1) is 0 Å². The number of rotatable bonds is 8. The molecule has 0 aliphatic carbocycles. The average Bonchev–Trinajstić information content (AvgIpc) is 3.09. The largest absolute Gasteiger partial charge is 0.350 e. The summed E-state index contributed by atoms with van der Waals surface area (Å²) in [4.78, 5) is 13.0. The summed E-state index contributed by atoms with van der Waals surface area (Å²) in [6.07, 6.45) is 0. The number of amides is 1. The van der Waals surface area contributed by atoms with E-state index in [-0.39, 0.29) is 16.7 Å². The zero-order chi connectivity index (χ0) is 21.9. The molecule has 3 aromatic rings. The summed E-state index contributed by atoms with van der Waals surface area (Å²) in [5.41, 5.74) is 2.48. The third-order valence-electron chi connectivity index (χ3n) is 5.53. The molecule has 1 atom stereocenters. The van der Waals surface area contributed by atoms with E-state index in [9.17, 15) is 13.2 Å². The minimum atomic E-state index is -3.55. The number of nitrogens with zero attached hydrogens (tertiary/aromatic N) is 2. The molecule has 1 aromatic heterocycles. The summed E-state index contributed by atoms with van der Waals surface area (Å²) in [6.45, 7) is 7.06. The van der Waals surface area contributed by atoms with Crippen molar-refractivity contribution in [3.63, 3.8) is 0 Å². The standard InChI is InChI=1S/C23H29N3O3S/c1-5-26(6-2)30(28,29)20-12-13-21-19(14-20)15-22(25(21)4)23(27)24-16-17(3)18-10-8-7-9-11-18/h7-15,17H,5-6,16H2,1-4H3,(H,24,27)/t17-/m0/s1. The first-order chi connectivity index (χ1) is 14.3. The number of hydrogen-bond acceptors (Lipinski definition) is 3. The Labute approximate surface area is 178 Å². The molecule has 0 spiro atoms. The minimum Gasteiger partial charge on any atom is -0.350 e. The highest BCUT2D eigenvalue weighted by molar-refractivity contribution is 7.89. The molecule has 1 heterocycles. The smallest absolute Gasteiger partial charge is 0.267 e. The zero-order valence-corrected chi connectivity index (χ0v) is 18.7. The van der Waals surface area contributed by atoms with Gasteiger partial charge in [0.25, 0.3) is 5.91 Å². The van der Waals surface area contributed by atoms with Crippen LogP contribution in [0.15, 0.2) is 59.5 Å². The van der Waals surface area contributed by atoms with Gasteiger partial charge in [0.15, 0.2) is 0 Å². The maximum atomic E-state index is 12.8. The quantitative estimate of drug-likeness (QED) is 0.595. The van der Waals surface area contributed by atoms with E-state index in [0.717, 1.165) is 10.9 Å². The molecule has 1 N–H and O–H groups in total. The average molecular weight is 428 g/mol. The lowest BCUT2D eigenvalue weighted by molar-refractivity contribution is 0.0944. The van der Waals surface area contributed by atoms with Crippen molar-refractivity contribution >= 4 is 26.8 Å². The second kappa shape index (κ2) is 9.02. The van der Waals surface area contributed by atoms with Crippen LogP contribution in [0.1, 0.15) is 42.7 Å². The van der Waals surface area contributed by atoms with Crippen LogP contribution in [0.4, 0.5) is 0 Å². The predicted octanol–water partition coefficient (Wildman–Crippen LogP) is 3.74. The van der Waals surface area contributed by atoms with Gasteiger partial charge < -0.3 is 9.88 Å². The molecule has 0 aliphatic heterocycles. The van der Waals surface area contributed by atoms with Crippen LogP contribution in [0.3, 0.4) is 0 Å². The van der Waals surface area contributed by atoms with E-state index in [1.54, 1.807) is 28.8 Å². The van der Waals surface area contributed by atoms with Gasteiger partial charge in [0.1, 0.15) is 5.69 Å². The molecule has 160 valence electrons. The lowest BCUT2D eigenvalue weighted by Crippen LogP contribution is -2.30. The summed E-state index contributed by atoms with van der Waals surface area (Å²) < 4.78 is 28.9. The van der Waals surface area contributed by atoms with Crippen molar-refractivity contribution in [2.45, 2.75) is 31.6 Å². The third kappa shape index (κ3) is 4.27. The number of carbonyl (C=O) groups is 1. The molecule has 0 aliphatic rings. The van der Waals surface area contributed by atoms with Crippen molar-refractivity contribution in [2.75, 3.05) is 19.6 Å². The Hall–Kier alpha value is -2.64. The second-order valence-corrected chi connectivity index (χ2v) is 9.36. The molecule has 1 amide bonds. The van der Waals surface area contributed by atoms with Gasteiger partial charge in [0.2, 0.25) is 10.0 Å². The Kier molecular flexibility index (Phi) is 6.63. The summed E-state index contributed by atoms with van der Waals surface area (Å²) in [5.74, 6) is 0.0141.